The molecule has 1 heterocycles. The Morgan fingerprint density at radius 1 is 1.03 bits per heavy atom. The molecule has 3 aromatic rings. The number of carbonyl (C=O) groups is 2. The number of carboxylic acid groups (broad SMARTS) is 1. The van der Waals surface area contributed by atoms with Crippen LogP contribution in [0, 0.1) is 0 Å². The Kier molecular flexibility index (Phi) is 8.93. The second-order valence-corrected chi connectivity index (χ2v) is 8.63. The molecule has 0 aliphatic rings. The van der Waals surface area contributed by atoms with Crippen LogP contribution < -0.4 is 5.32 Å². The van der Waals surface area contributed by atoms with Gasteiger partial charge in [0.15, 0.2) is 0 Å². The Morgan fingerprint density at radius 2 is 1.75 bits per heavy atom. The molecular weight excluding hydrogens is 473 g/mol. The molecule has 2 N–H and O–H groups in total. The molecule has 0 spiro atoms. The molecular formula is C27H29F3N2O4. The molecule has 9 heteroatoms. The van der Waals surface area contributed by atoms with Gasteiger partial charge in [-0.3, -0.25) is 9.59 Å². The molecule has 36 heavy (non-hydrogen) atoms. The molecule has 192 valence electrons. The van der Waals surface area contributed by atoms with E-state index < -0.39 is 35.7 Å². The standard InChI is InChI=1S/C27H29F3N2O4/c1-18(17-36-2)32-21(10-6-9-19-7-4-3-5-8-19)12-14-24(32)26(35)31-23-15-20(16-25(33)34)11-13-22(23)27(28,29)30/h3-5,7-8,11-15,18H,6,9-10,16-17H2,1-2H3,(H,31,35)(H,33,34). The first-order valence-corrected chi connectivity index (χ1v) is 11.6. The summed E-state index contributed by atoms with van der Waals surface area (Å²) in [4.78, 5) is 24.3. The van der Waals surface area contributed by atoms with Crippen molar-refractivity contribution in [3.8, 4) is 0 Å². The highest BCUT2D eigenvalue weighted by molar-refractivity contribution is 6.04. The fourth-order valence-corrected chi connectivity index (χ4v) is 4.25. The third-order valence-electron chi connectivity index (χ3n) is 5.82. The van der Waals surface area contributed by atoms with Crippen molar-refractivity contribution in [1.82, 2.24) is 4.57 Å². The minimum absolute atomic E-state index is 0.149. The third kappa shape index (κ3) is 6.97. The van der Waals surface area contributed by atoms with Gasteiger partial charge in [0.2, 0.25) is 0 Å². The third-order valence-corrected chi connectivity index (χ3v) is 5.82. The van der Waals surface area contributed by atoms with E-state index in [-0.39, 0.29) is 17.3 Å². The van der Waals surface area contributed by atoms with E-state index >= 15 is 0 Å². The van der Waals surface area contributed by atoms with E-state index in [1.807, 2.05) is 37.3 Å². The van der Waals surface area contributed by atoms with Gasteiger partial charge in [0, 0.05) is 12.8 Å². The van der Waals surface area contributed by atoms with Crippen LogP contribution in [0.15, 0.2) is 60.7 Å². The number of methoxy groups -OCH3 is 1. The number of halogens is 3. The maximum atomic E-state index is 13.6. The van der Waals surface area contributed by atoms with Crippen molar-refractivity contribution in [3.63, 3.8) is 0 Å². The van der Waals surface area contributed by atoms with E-state index in [0.29, 0.717) is 13.0 Å². The van der Waals surface area contributed by atoms with Crippen molar-refractivity contribution in [2.75, 3.05) is 19.0 Å². The quantitative estimate of drug-likeness (QED) is 0.349. The van der Waals surface area contributed by atoms with E-state index in [1.165, 1.54) is 5.56 Å². The zero-order valence-electron chi connectivity index (χ0n) is 20.1. The van der Waals surface area contributed by atoms with Crippen molar-refractivity contribution in [2.24, 2.45) is 0 Å². The normalized spacial score (nSPS) is 12.4. The van der Waals surface area contributed by atoms with E-state index in [4.69, 9.17) is 9.84 Å². The van der Waals surface area contributed by atoms with E-state index in [1.54, 1.807) is 23.8 Å². The van der Waals surface area contributed by atoms with Crippen LogP contribution in [0.4, 0.5) is 18.9 Å². The summed E-state index contributed by atoms with van der Waals surface area (Å²) in [6, 6.07) is 16.1. The minimum atomic E-state index is -4.72. The lowest BCUT2D eigenvalue weighted by molar-refractivity contribution is -0.137. The number of benzene rings is 2. The summed E-state index contributed by atoms with van der Waals surface area (Å²) in [5, 5.41) is 11.4. The van der Waals surface area contributed by atoms with Gasteiger partial charge in [-0.25, -0.2) is 0 Å². The summed E-state index contributed by atoms with van der Waals surface area (Å²) in [5.41, 5.74) is 0.887. The molecule has 1 aromatic heterocycles. The van der Waals surface area contributed by atoms with Gasteiger partial charge in [0.1, 0.15) is 5.69 Å². The zero-order valence-corrected chi connectivity index (χ0v) is 20.1. The van der Waals surface area contributed by atoms with Gasteiger partial charge in [-0.2, -0.15) is 13.2 Å². The molecule has 0 saturated carbocycles. The predicted molar refractivity (Wildman–Crippen MR) is 130 cm³/mol. The molecule has 1 atom stereocenters. The summed E-state index contributed by atoms with van der Waals surface area (Å²) >= 11 is 0. The number of nitrogens with one attached hydrogen (secondary N) is 1. The molecule has 6 nitrogen and oxygen atoms in total. The first kappa shape index (κ1) is 27.0. The number of rotatable bonds is 11. The first-order chi connectivity index (χ1) is 17.1. The number of aliphatic carboxylic acids is 1. The molecule has 2 aromatic carbocycles. The van der Waals surface area contributed by atoms with Gasteiger partial charge in [-0.05, 0) is 61.6 Å². The summed E-state index contributed by atoms with van der Waals surface area (Å²) < 4.78 is 47.9. The fraction of sp³-hybridized carbons (Fsp3) is 0.333. The lowest BCUT2D eigenvalue weighted by atomic mass is 10.1. The first-order valence-electron chi connectivity index (χ1n) is 11.6. The van der Waals surface area contributed by atoms with Crippen LogP contribution in [0.5, 0.6) is 0 Å². The number of ether oxygens (including phenoxy) is 1. The van der Waals surface area contributed by atoms with Crippen LogP contribution in [0.1, 0.15) is 52.3 Å². The Labute approximate surface area is 207 Å². The number of carbonyl (C=O) groups excluding carboxylic acids is 1. The van der Waals surface area contributed by atoms with Crippen LogP contribution >= 0.6 is 0 Å². The second kappa shape index (κ2) is 11.9. The lowest BCUT2D eigenvalue weighted by Gasteiger charge is -2.21. The van der Waals surface area contributed by atoms with Crippen LogP contribution in [-0.2, 0) is 35.0 Å². The second-order valence-electron chi connectivity index (χ2n) is 8.63. The number of alkyl halides is 3. The van der Waals surface area contributed by atoms with Crippen molar-refractivity contribution in [3.05, 3.63) is 88.7 Å². The molecule has 0 aliphatic heterocycles. The number of aryl methyl sites for hydroxylation is 2. The SMILES string of the molecule is COCC(C)n1c(CCCc2ccccc2)ccc1C(=O)Nc1cc(CC(=O)O)ccc1C(F)(F)F. The monoisotopic (exact) mass is 502 g/mol. The van der Waals surface area contributed by atoms with Gasteiger partial charge < -0.3 is 19.7 Å². The number of nitrogens with zero attached hydrogens (tertiary/aromatic N) is 1. The average molecular weight is 503 g/mol. The van der Waals surface area contributed by atoms with E-state index in [0.717, 1.165) is 36.7 Å². The molecule has 1 unspecified atom stereocenters. The van der Waals surface area contributed by atoms with Crippen molar-refractivity contribution in [2.45, 2.75) is 44.8 Å². The summed E-state index contributed by atoms with van der Waals surface area (Å²) in [6.07, 6.45) is -2.86. The highest BCUT2D eigenvalue weighted by atomic mass is 19.4. The molecule has 0 aliphatic carbocycles. The average Bonchev–Trinajstić information content (AvgIpc) is 3.23. The summed E-state index contributed by atoms with van der Waals surface area (Å²) in [6.45, 7) is 2.18. The number of amides is 1. The highest BCUT2D eigenvalue weighted by Crippen LogP contribution is 2.36. The number of hydrogen-bond acceptors (Lipinski definition) is 3. The Hall–Kier alpha value is -3.59. The van der Waals surface area contributed by atoms with Crippen molar-refractivity contribution in [1.29, 1.82) is 0 Å². The Morgan fingerprint density at radius 3 is 2.39 bits per heavy atom. The molecule has 1 amide bonds. The van der Waals surface area contributed by atoms with Crippen molar-refractivity contribution >= 4 is 17.6 Å². The van der Waals surface area contributed by atoms with Gasteiger partial charge in [0.25, 0.3) is 5.91 Å². The molecule has 0 fully saturated rings. The predicted octanol–water partition coefficient (Wildman–Crippen LogP) is 5.77. The van der Waals surface area contributed by atoms with E-state index in [9.17, 15) is 22.8 Å². The minimum Gasteiger partial charge on any atom is -0.481 e. The van der Waals surface area contributed by atoms with Crippen LogP contribution in [0.25, 0.3) is 0 Å². The Bertz CT molecular complexity index is 1190. The van der Waals surface area contributed by atoms with Gasteiger partial charge in [-0.1, -0.05) is 36.4 Å². The maximum Gasteiger partial charge on any atom is 0.418 e. The number of anilines is 1. The smallest absolute Gasteiger partial charge is 0.418 e. The van der Waals surface area contributed by atoms with Gasteiger partial charge >= 0.3 is 12.1 Å². The van der Waals surface area contributed by atoms with Gasteiger partial charge in [-0.15, -0.1) is 0 Å². The number of hydrogen-bond donors (Lipinski definition) is 2. The van der Waals surface area contributed by atoms with Crippen molar-refractivity contribution < 1.29 is 32.6 Å². The van der Waals surface area contributed by atoms with Crippen LogP contribution in [0.2, 0.25) is 0 Å². The van der Waals surface area contributed by atoms with Crippen LogP contribution in [-0.4, -0.2) is 35.3 Å². The maximum absolute atomic E-state index is 13.6. The highest BCUT2D eigenvalue weighted by Gasteiger charge is 2.34. The summed E-state index contributed by atoms with van der Waals surface area (Å²) in [5.74, 6) is -1.90. The Balaban J connectivity index is 1.88. The number of carboxylic acids is 1. The molecule has 0 bridgehead atoms. The topological polar surface area (TPSA) is 80.6 Å². The largest absolute Gasteiger partial charge is 0.481 e. The molecule has 0 radical (unpaired) electrons. The lowest BCUT2D eigenvalue weighted by Crippen LogP contribution is -2.24. The number of aromatic nitrogens is 1. The molecule has 3 rings (SSSR count). The summed E-state index contributed by atoms with van der Waals surface area (Å²) in [7, 11) is 1.54. The van der Waals surface area contributed by atoms with Gasteiger partial charge in [0.05, 0.1) is 30.3 Å². The zero-order chi connectivity index (χ0) is 26.3. The fourth-order valence-electron chi connectivity index (χ4n) is 4.25. The van der Waals surface area contributed by atoms with E-state index in [2.05, 4.69) is 5.32 Å². The molecule has 0 saturated heterocycles. The van der Waals surface area contributed by atoms with Crippen LogP contribution in [0.3, 0.4) is 0 Å².